The largest absolute Gasteiger partial charge is 0.480 e. The Balaban J connectivity index is 2.22. The summed E-state index contributed by atoms with van der Waals surface area (Å²) in [5.41, 5.74) is 1.11. The maximum Gasteiger partial charge on any atom is 0.261 e. The third-order valence-electron chi connectivity index (χ3n) is 2.29. The average molecular weight is 307 g/mol. The first kappa shape index (κ1) is 12.6. The van der Waals surface area contributed by atoms with Crippen molar-refractivity contribution in [3.63, 3.8) is 0 Å². The molecule has 0 saturated heterocycles. The summed E-state index contributed by atoms with van der Waals surface area (Å²) in [7, 11) is 1.48. The van der Waals surface area contributed by atoms with E-state index in [0.29, 0.717) is 17.1 Å². The molecule has 1 N–H and O–H groups in total. The van der Waals surface area contributed by atoms with Gasteiger partial charge in [-0.05, 0) is 30.3 Å². The van der Waals surface area contributed by atoms with Gasteiger partial charge in [0.25, 0.3) is 5.91 Å². The van der Waals surface area contributed by atoms with Gasteiger partial charge in [-0.25, -0.2) is 4.98 Å². The number of hydrogen-bond acceptors (Lipinski definition) is 3. The quantitative estimate of drug-likeness (QED) is 0.948. The van der Waals surface area contributed by atoms with Gasteiger partial charge < -0.3 is 10.1 Å². The van der Waals surface area contributed by atoms with Crippen LogP contribution in [0.25, 0.3) is 0 Å². The van der Waals surface area contributed by atoms with Crippen molar-refractivity contribution in [2.24, 2.45) is 0 Å². The van der Waals surface area contributed by atoms with Gasteiger partial charge in [0.15, 0.2) is 0 Å². The number of methoxy groups -OCH3 is 1. The lowest BCUT2D eigenvalue weighted by Crippen LogP contribution is -2.13. The Bertz CT molecular complexity index is 572. The van der Waals surface area contributed by atoms with E-state index in [2.05, 4.69) is 26.2 Å². The summed E-state index contributed by atoms with van der Waals surface area (Å²) in [6.07, 6.45) is 1.58. The molecule has 0 radical (unpaired) electrons. The zero-order chi connectivity index (χ0) is 13.0. The predicted octanol–water partition coefficient (Wildman–Crippen LogP) is 3.11. The molecule has 92 valence electrons. The van der Waals surface area contributed by atoms with Crippen LogP contribution < -0.4 is 10.1 Å². The van der Waals surface area contributed by atoms with Crippen molar-refractivity contribution in [1.82, 2.24) is 4.98 Å². The summed E-state index contributed by atoms with van der Waals surface area (Å²) in [6.45, 7) is 0. The molecule has 0 aliphatic heterocycles. The van der Waals surface area contributed by atoms with Gasteiger partial charge in [0.2, 0.25) is 5.88 Å². The SMILES string of the molecule is COc1ncccc1C(=O)Nc1cccc(Br)c1. The molecule has 0 aliphatic carbocycles. The lowest BCUT2D eigenvalue weighted by Gasteiger charge is -2.08. The first-order valence-electron chi connectivity index (χ1n) is 5.26. The van der Waals surface area contributed by atoms with Crippen LogP contribution in [0.2, 0.25) is 0 Å². The Morgan fingerprint density at radius 1 is 1.33 bits per heavy atom. The van der Waals surface area contributed by atoms with Crippen LogP contribution in [-0.2, 0) is 0 Å². The number of benzene rings is 1. The number of carbonyl (C=O) groups is 1. The number of pyridine rings is 1. The van der Waals surface area contributed by atoms with Crippen LogP contribution in [0.5, 0.6) is 5.88 Å². The molecule has 18 heavy (non-hydrogen) atoms. The van der Waals surface area contributed by atoms with Gasteiger partial charge in [0.05, 0.1) is 7.11 Å². The third kappa shape index (κ3) is 2.87. The van der Waals surface area contributed by atoms with Gasteiger partial charge in [0, 0.05) is 16.4 Å². The highest BCUT2D eigenvalue weighted by Gasteiger charge is 2.12. The first-order valence-corrected chi connectivity index (χ1v) is 6.06. The van der Waals surface area contributed by atoms with E-state index in [-0.39, 0.29) is 5.91 Å². The number of hydrogen-bond donors (Lipinski definition) is 1. The number of halogens is 1. The Labute approximate surface area is 113 Å². The normalized spacial score (nSPS) is 9.89. The molecule has 2 aromatic rings. The Morgan fingerprint density at radius 2 is 2.17 bits per heavy atom. The van der Waals surface area contributed by atoms with E-state index in [4.69, 9.17) is 4.74 Å². The molecule has 0 unspecified atom stereocenters. The number of nitrogens with zero attached hydrogens (tertiary/aromatic N) is 1. The minimum Gasteiger partial charge on any atom is -0.480 e. The molecule has 1 aromatic heterocycles. The van der Waals surface area contributed by atoms with E-state index < -0.39 is 0 Å². The van der Waals surface area contributed by atoms with Gasteiger partial charge in [-0.3, -0.25) is 4.79 Å². The van der Waals surface area contributed by atoms with Crippen LogP contribution in [0.1, 0.15) is 10.4 Å². The van der Waals surface area contributed by atoms with Crippen molar-refractivity contribution in [3.8, 4) is 5.88 Å². The van der Waals surface area contributed by atoms with E-state index in [1.807, 2.05) is 24.3 Å². The maximum absolute atomic E-state index is 12.1. The van der Waals surface area contributed by atoms with Crippen molar-refractivity contribution in [2.75, 3.05) is 12.4 Å². The van der Waals surface area contributed by atoms with Crippen LogP contribution in [-0.4, -0.2) is 18.0 Å². The topological polar surface area (TPSA) is 51.2 Å². The fourth-order valence-electron chi connectivity index (χ4n) is 1.49. The van der Waals surface area contributed by atoms with Crippen LogP contribution in [0.15, 0.2) is 47.1 Å². The lowest BCUT2D eigenvalue weighted by atomic mass is 10.2. The zero-order valence-electron chi connectivity index (χ0n) is 9.68. The summed E-state index contributed by atoms with van der Waals surface area (Å²) < 4.78 is 5.95. The Hall–Kier alpha value is -1.88. The first-order chi connectivity index (χ1) is 8.70. The summed E-state index contributed by atoms with van der Waals surface area (Å²) >= 11 is 3.35. The molecular formula is C13H11BrN2O2. The van der Waals surface area contributed by atoms with E-state index >= 15 is 0 Å². The molecular weight excluding hydrogens is 296 g/mol. The summed E-state index contributed by atoms with van der Waals surface area (Å²) in [4.78, 5) is 16.0. The molecule has 1 aromatic carbocycles. The highest BCUT2D eigenvalue weighted by atomic mass is 79.9. The Kier molecular flexibility index (Phi) is 3.94. The number of rotatable bonds is 3. The van der Waals surface area contributed by atoms with Crippen molar-refractivity contribution >= 4 is 27.5 Å². The van der Waals surface area contributed by atoms with Crippen LogP contribution >= 0.6 is 15.9 Å². The number of amides is 1. The molecule has 4 nitrogen and oxygen atoms in total. The average Bonchev–Trinajstić information content (AvgIpc) is 2.38. The van der Waals surface area contributed by atoms with Gasteiger partial charge in [-0.15, -0.1) is 0 Å². The van der Waals surface area contributed by atoms with E-state index in [9.17, 15) is 4.79 Å². The molecule has 5 heteroatoms. The molecule has 2 rings (SSSR count). The van der Waals surface area contributed by atoms with Crippen LogP contribution in [0.4, 0.5) is 5.69 Å². The maximum atomic E-state index is 12.1. The molecule has 0 fully saturated rings. The summed E-state index contributed by atoms with van der Waals surface area (Å²) in [6, 6.07) is 10.7. The molecule has 1 heterocycles. The Morgan fingerprint density at radius 3 is 2.89 bits per heavy atom. The van der Waals surface area contributed by atoms with Crippen molar-refractivity contribution in [2.45, 2.75) is 0 Å². The highest BCUT2D eigenvalue weighted by Crippen LogP contribution is 2.19. The predicted molar refractivity (Wildman–Crippen MR) is 72.9 cm³/mol. The number of anilines is 1. The number of aromatic nitrogens is 1. The van der Waals surface area contributed by atoms with Gasteiger partial charge in [0.1, 0.15) is 5.56 Å². The standard InChI is InChI=1S/C13H11BrN2O2/c1-18-13-11(6-3-7-15-13)12(17)16-10-5-2-4-9(14)8-10/h2-8H,1H3,(H,16,17). The molecule has 0 spiro atoms. The van der Waals surface area contributed by atoms with Crippen molar-refractivity contribution in [1.29, 1.82) is 0 Å². The minimum atomic E-state index is -0.252. The van der Waals surface area contributed by atoms with Crippen molar-refractivity contribution in [3.05, 3.63) is 52.6 Å². The number of carbonyl (C=O) groups excluding carboxylic acids is 1. The summed E-state index contributed by atoms with van der Waals surface area (Å²) in [5, 5.41) is 2.78. The second kappa shape index (κ2) is 5.64. The molecule has 0 bridgehead atoms. The van der Waals surface area contributed by atoms with E-state index in [1.54, 1.807) is 18.3 Å². The molecule has 0 aliphatic rings. The van der Waals surface area contributed by atoms with Crippen LogP contribution in [0, 0.1) is 0 Å². The lowest BCUT2D eigenvalue weighted by molar-refractivity contribution is 0.102. The monoisotopic (exact) mass is 306 g/mol. The third-order valence-corrected chi connectivity index (χ3v) is 2.78. The number of nitrogens with one attached hydrogen (secondary N) is 1. The second-order valence-electron chi connectivity index (χ2n) is 3.52. The van der Waals surface area contributed by atoms with E-state index in [1.165, 1.54) is 7.11 Å². The van der Waals surface area contributed by atoms with Crippen molar-refractivity contribution < 1.29 is 9.53 Å². The number of ether oxygens (including phenoxy) is 1. The summed E-state index contributed by atoms with van der Waals surface area (Å²) in [5.74, 6) is 0.0584. The minimum absolute atomic E-state index is 0.252. The fourth-order valence-corrected chi connectivity index (χ4v) is 1.89. The second-order valence-corrected chi connectivity index (χ2v) is 4.44. The van der Waals surface area contributed by atoms with Gasteiger partial charge in [-0.1, -0.05) is 22.0 Å². The van der Waals surface area contributed by atoms with Gasteiger partial charge >= 0.3 is 0 Å². The molecule has 0 saturated carbocycles. The molecule has 1 amide bonds. The van der Waals surface area contributed by atoms with Gasteiger partial charge in [-0.2, -0.15) is 0 Å². The smallest absolute Gasteiger partial charge is 0.261 e. The molecule has 0 atom stereocenters. The highest BCUT2D eigenvalue weighted by molar-refractivity contribution is 9.10. The van der Waals surface area contributed by atoms with Crippen LogP contribution in [0.3, 0.4) is 0 Å². The van der Waals surface area contributed by atoms with E-state index in [0.717, 1.165) is 4.47 Å². The zero-order valence-corrected chi connectivity index (χ0v) is 11.3. The fraction of sp³-hybridized carbons (Fsp3) is 0.0769.